The van der Waals surface area contributed by atoms with Gasteiger partial charge in [0, 0.05) is 19.8 Å². The first-order chi connectivity index (χ1) is 10.9. The van der Waals surface area contributed by atoms with E-state index in [1.165, 1.54) is 0 Å². The van der Waals surface area contributed by atoms with Gasteiger partial charge in [-0.1, -0.05) is 12.1 Å². The summed E-state index contributed by atoms with van der Waals surface area (Å²) in [6.07, 6.45) is 3.22. The fourth-order valence-electron chi connectivity index (χ4n) is 2.98. The minimum Gasteiger partial charge on any atom is -0.497 e. The summed E-state index contributed by atoms with van der Waals surface area (Å²) in [7, 11) is -0.190. The van der Waals surface area contributed by atoms with Gasteiger partial charge < -0.3 is 9.30 Å². The smallest absolute Gasteiger partial charge is 0.262 e. The molecule has 3 rings (SSSR count). The summed E-state index contributed by atoms with van der Waals surface area (Å²) in [5, 5.41) is 0.118. The SMILES string of the molecule is COc1cccc([C@@H]2CCCN2S(=O)(=O)c2cn(C)c(C)n2)c1. The third-order valence-corrected chi connectivity index (χ3v) is 6.12. The second-order valence-electron chi connectivity index (χ2n) is 5.79. The lowest BCUT2D eigenvalue weighted by Crippen LogP contribution is -2.31. The molecule has 23 heavy (non-hydrogen) atoms. The van der Waals surface area contributed by atoms with E-state index in [9.17, 15) is 8.42 Å². The monoisotopic (exact) mass is 335 g/mol. The van der Waals surface area contributed by atoms with Gasteiger partial charge in [0.15, 0.2) is 5.03 Å². The number of sulfonamides is 1. The third-order valence-electron chi connectivity index (χ3n) is 4.34. The summed E-state index contributed by atoms with van der Waals surface area (Å²) >= 11 is 0. The van der Waals surface area contributed by atoms with Gasteiger partial charge in [0.25, 0.3) is 10.0 Å². The van der Waals surface area contributed by atoms with E-state index in [2.05, 4.69) is 4.98 Å². The molecule has 0 aliphatic carbocycles. The van der Waals surface area contributed by atoms with Crippen LogP contribution >= 0.6 is 0 Å². The van der Waals surface area contributed by atoms with Crippen LogP contribution in [-0.4, -0.2) is 35.9 Å². The fraction of sp³-hybridized carbons (Fsp3) is 0.438. The first-order valence-electron chi connectivity index (χ1n) is 7.59. The van der Waals surface area contributed by atoms with Gasteiger partial charge in [-0.2, -0.15) is 4.31 Å². The Hall–Kier alpha value is -1.86. The molecule has 1 aliphatic rings. The van der Waals surface area contributed by atoms with Gasteiger partial charge in [0.2, 0.25) is 0 Å². The number of nitrogens with zero attached hydrogens (tertiary/aromatic N) is 3. The third kappa shape index (κ3) is 2.86. The summed E-state index contributed by atoms with van der Waals surface area (Å²) in [4.78, 5) is 4.20. The maximum atomic E-state index is 13.0. The zero-order valence-electron chi connectivity index (χ0n) is 13.6. The maximum Gasteiger partial charge on any atom is 0.262 e. The van der Waals surface area contributed by atoms with E-state index in [1.807, 2.05) is 24.3 Å². The quantitative estimate of drug-likeness (QED) is 0.860. The standard InChI is InChI=1S/C16H21N3O3S/c1-12-17-16(11-18(12)2)23(20,21)19-9-5-8-15(19)13-6-4-7-14(10-13)22-3/h4,6-7,10-11,15H,5,8-9H2,1-3H3/t15-/m0/s1. The number of methoxy groups -OCH3 is 1. The number of rotatable bonds is 4. The number of hydrogen-bond donors (Lipinski definition) is 0. The minimum absolute atomic E-state index is 0.118. The zero-order valence-corrected chi connectivity index (χ0v) is 14.4. The van der Waals surface area contributed by atoms with Crippen molar-refractivity contribution in [2.75, 3.05) is 13.7 Å². The number of aromatic nitrogens is 2. The number of hydrogen-bond acceptors (Lipinski definition) is 4. The second-order valence-corrected chi connectivity index (χ2v) is 7.63. The molecule has 0 bridgehead atoms. The molecule has 0 N–H and O–H groups in total. The molecule has 1 fully saturated rings. The molecule has 0 spiro atoms. The lowest BCUT2D eigenvalue weighted by molar-refractivity contribution is 0.389. The molecular weight excluding hydrogens is 314 g/mol. The van der Waals surface area contributed by atoms with Crippen molar-refractivity contribution in [3.8, 4) is 5.75 Å². The van der Waals surface area contributed by atoms with Gasteiger partial charge >= 0.3 is 0 Å². The summed E-state index contributed by atoms with van der Waals surface area (Å²) in [5.41, 5.74) is 0.957. The lowest BCUT2D eigenvalue weighted by Gasteiger charge is -2.23. The summed E-state index contributed by atoms with van der Waals surface area (Å²) < 4.78 is 34.5. The van der Waals surface area contributed by atoms with Crippen LogP contribution in [0.15, 0.2) is 35.5 Å². The Labute approximate surface area is 136 Å². The number of aryl methyl sites for hydroxylation is 2. The van der Waals surface area contributed by atoms with Crippen molar-refractivity contribution in [3.63, 3.8) is 0 Å². The molecule has 6 nitrogen and oxygen atoms in total. The van der Waals surface area contributed by atoms with Crippen LogP contribution in [0.5, 0.6) is 5.75 Å². The first-order valence-corrected chi connectivity index (χ1v) is 9.03. The van der Waals surface area contributed by atoms with Gasteiger partial charge in [-0.25, -0.2) is 13.4 Å². The minimum atomic E-state index is -3.60. The highest BCUT2D eigenvalue weighted by molar-refractivity contribution is 7.89. The van der Waals surface area contributed by atoms with Gasteiger partial charge in [-0.3, -0.25) is 0 Å². The van der Waals surface area contributed by atoms with Crippen LogP contribution in [0.2, 0.25) is 0 Å². The van der Waals surface area contributed by atoms with E-state index < -0.39 is 10.0 Å². The van der Waals surface area contributed by atoms with Crippen LogP contribution in [0.25, 0.3) is 0 Å². The van der Waals surface area contributed by atoms with Crippen molar-refractivity contribution < 1.29 is 13.2 Å². The molecule has 1 aromatic heterocycles. The highest BCUT2D eigenvalue weighted by atomic mass is 32.2. The molecule has 2 heterocycles. The van der Waals surface area contributed by atoms with E-state index in [4.69, 9.17) is 4.74 Å². The van der Waals surface area contributed by atoms with E-state index in [0.717, 1.165) is 24.2 Å². The molecule has 1 aromatic carbocycles. The van der Waals surface area contributed by atoms with Crippen LogP contribution < -0.4 is 4.74 Å². The van der Waals surface area contributed by atoms with Crippen molar-refractivity contribution >= 4 is 10.0 Å². The van der Waals surface area contributed by atoms with E-state index in [-0.39, 0.29) is 11.1 Å². The van der Waals surface area contributed by atoms with E-state index in [1.54, 1.807) is 36.2 Å². The Morgan fingerprint density at radius 1 is 1.35 bits per heavy atom. The summed E-state index contributed by atoms with van der Waals surface area (Å²) in [6, 6.07) is 7.44. The second kappa shape index (κ2) is 5.98. The molecule has 0 amide bonds. The van der Waals surface area contributed by atoms with Crippen LogP contribution in [-0.2, 0) is 17.1 Å². The Morgan fingerprint density at radius 3 is 2.78 bits per heavy atom. The van der Waals surface area contributed by atoms with Crippen molar-refractivity contribution in [1.82, 2.24) is 13.9 Å². The van der Waals surface area contributed by atoms with Crippen molar-refractivity contribution in [3.05, 3.63) is 41.9 Å². The molecular formula is C16H21N3O3S. The zero-order chi connectivity index (χ0) is 16.6. The predicted molar refractivity (Wildman–Crippen MR) is 86.8 cm³/mol. The maximum absolute atomic E-state index is 13.0. The van der Waals surface area contributed by atoms with Gasteiger partial charge in [0.05, 0.1) is 13.2 Å². The topological polar surface area (TPSA) is 64.4 Å². The van der Waals surface area contributed by atoms with Crippen molar-refractivity contribution in [2.45, 2.75) is 30.8 Å². The molecule has 0 unspecified atom stereocenters. The number of benzene rings is 1. The van der Waals surface area contributed by atoms with Crippen LogP contribution in [0.3, 0.4) is 0 Å². The van der Waals surface area contributed by atoms with Gasteiger partial charge in [-0.05, 0) is 37.5 Å². The lowest BCUT2D eigenvalue weighted by atomic mass is 10.1. The Bertz CT molecular complexity index is 794. The van der Waals surface area contributed by atoms with E-state index in [0.29, 0.717) is 12.4 Å². The van der Waals surface area contributed by atoms with Gasteiger partial charge in [0.1, 0.15) is 11.6 Å². The van der Waals surface area contributed by atoms with E-state index >= 15 is 0 Å². The molecule has 7 heteroatoms. The van der Waals surface area contributed by atoms with Crippen molar-refractivity contribution in [2.24, 2.45) is 7.05 Å². The molecule has 1 atom stereocenters. The average molecular weight is 335 g/mol. The summed E-state index contributed by atoms with van der Waals surface area (Å²) in [6.45, 7) is 2.31. The average Bonchev–Trinajstić information content (AvgIpc) is 3.16. The van der Waals surface area contributed by atoms with Gasteiger partial charge in [-0.15, -0.1) is 0 Å². The molecule has 0 saturated carbocycles. The van der Waals surface area contributed by atoms with Crippen LogP contribution in [0, 0.1) is 6.92 Å². The largest absolute Gasteiger partial charge is 0.497 e. The number of imidazole rings is 1. The molecule has 1 aliphatic heterocycles. The van der Waals surface area contributed by atoms with Crippen LogP contribution in [0.4, 0.5) is 0 Å². The molecule has 124 valence electrons. The predicted octanol–water partition coefficient (Wildman–Crippen LogP) is 2.26. The van der Waals surface area contributed by atoms with Crippen molar-refractivity contribution in [1.29, 1.82) is 0 Å². The Morgan fingerprint density at radius 2 is 2.13 bits per heavy atom. The first kappa shape index (κ1) is 16.0. The number of ether oxygens (including phenoxy) is 1. The molecule has 1 saturated heterocycles. The fourth-order valence-corrected chi connectivity index (χ4v) is 4.69. The Balaban J connectivity index is 1.97. The van der Waals surface area contributed by atoms with Crippen LogP contribution in [0.1, 0.15) is 30.3 Å². The Kier molecular flexibility index (Phi) is 4.16. The summed E-state index contributed by atoms with van der Waals surface area (Å²) in [5.74, 6) is 1.42. The highest BCUT2D eigenvalue weighted by Crippen LogP contribution is 2.37. The normalized spacial score (nSPS) is 19.2. The molecule has 0 radical (unpaired) electrons. The highest BCUT2D eigenvalue weighted by Gasteiger charge is 2.37. The molecule has 2 aromatic rings.